The molecule has 2 heteroatoms. The van der Waals surface area contributed by atoms with Crippen LogP contribution in [0.3, 0.4) is 0 Å². The van der Waals surface area contributed by atoms with Gasteiger partial charge in [-0.3, -0.25) is 4.79 Å². The first-order valence-electron chi connectivity index (χ1n) is 4.95. The molecule has 13 heavy (non-hydrogen) atoms. The molecule has 0 amide bonds. The fourth-order valence-electron chi connectivity index (χ4n) is 1.39. The number of ketones is 1. The first-order valence-corrected chi connectivity index (χ1v) is 4.95. The molecule has 0 aliphatic rings. The van der Waals surface area contributed by atoms with Gasteiger partial charge in [0.2, 0.25) is 0 Å². The van der Waals surface area contributed by atoms with Crippen molar-refractivity contribution in [3.05, 3.63) is 12.7 Å². The van der Waals surface area contributed by atoms with Crippen molar-refractivity contribution in [1.29, 1.82) is 0 Å². The van der Waals surface area contributed by atoms with Crippen LogP contribution in [0.1, 0.15) is 33.1 Å². The van der Waals surface area contributed by atoms with Crippen LogP contribution in [-0.2, 0) is 4.79 Å². The average molecular weight is 183 g/mol. The average Bonchev–Trinajstić information content (AvgIpc) is 2.13. The van der Waals surface area contributed by atoms with E-state index in [9.17, 15) is 4.79 Å². The fourth-order valence-corrected chi connectivity index (χ4v) is 1.39. The van der Waals surface area contributed by atoms with Gasteiger partial charge in [-0.1, -0.05) is 20.4 Å². The van der Waals surface area contributed by atoms with Crippen LogP contribution in [0.15, 0.2) is 12.7 Å². The summed E-state index contributed by atoms with van der Waals surface area (Å²) in [6.07, 6.45) is 4.09. The van der Waals surface area contributed by atoms with Crippen molar-refractivity contribution in [2.24, 2.45) is 17.6 Å². The first-order chi connectivity index (χ1) is 6.10. The van der Waals surface area contributed by atoms with Crippen molar-refractivity contribution in [3.8, 4) is 0 Å². The van der Waals surface area contributed by atoms with Gasteiger partial charge in [-0.05, 0) is 37.3 Å². The molecular formula is C11H21NO. The minimum Gasteiger partial charge on any atom is -0.330 e. The Labute approximate surface area is 81.2 Å². The van der Waals surface area contributed by atoms with Crippen LogP contribution < -0.4 is 5.73 Å². The van der Waals surface area contributed by atoms with Gasteiger partial charge in [0, 0.05) is 6.42 Å². The lowest BCUT2D eigenvalue weighted by molar-refractivity contribution is -0.114. The lowest BCUT2D eigenvalue weighted by Crippen LogP contribution is -2.14. The van der Waals surface area contributed by atoms with Crippen molar-refractivity contribution in [1.82, 2.24) is 0 Å². The summed E-state index contributed by atoms with van der Waals surface area (Å²) in [5.41, 5.74) is 5.52. The molecule has 2 unspecified atom stereocenters. The Kier molecular flexibility index (Phi) is 6.51. The van der Waals surface area contributed by atoms with Gasteiger partial charge in [0.05, 0.1) is 0 Å². The highest BCUT2D eigenvalue weighted by atomic mass is 16.1. The molecule has 2 atom stereocenters. The van der Waals surface area contributed by atoms with E-state index in [1.165, 1.54) is 6.08 Å². The quantitative estimate of drug-likeness (QED) is 0.614. The highest BCUT2D eigenvalue weighted by Crippen LogP contribution is 2.16. The summed E-state index contributed by atoms with van der Waals surface area (Å²) in [4.78, 5) is 10.9. The second-order valence-electron chi connectivity index (χ2n) is 3.89. The Hall–Kier alpha value is -0.630. The van der Waals surface area contributed by atoms with E-state index in [2.05, 4.69) is 20.4 Å². The van der Waals surface area contributed by atoms with Gasteiger partial charge in [-0.2, -0.15) is 0 Å². The Bertz CT molecular complexity index is 165. The van der Waals surface area contributed by atoms with Crippen molar-refractivity contribution in [2.45, 2.75) is 33.1 Å². The molecule has 2 N–H and O–H groups in total. The Morgan fingerprint density at radius 1 is 1.46 bits per heavy atom. The maximum atomic E-state index is 10.9. The summed E-state index contributed by atoms with van der Waals surface area (Å²) < 4.78 is 0. The van der Waals surface area contributed by atoms with Crippen LogP contribution in [0.5, 0.6) is 0 Å². The van der Waals surface area contributed by atoms with Gasteiger partial charge in [0.15, 0.2) is 5.78 Å². The fraction of sp³-hybridized carbons (Fsp3) is 0.727. The van der Waals surface area contributed by atoms with Crippen LogP contribution >= 0.6 is 0 Å². The van der Waals surface area contributed by atoms with E-state index in [1.807, 2.05) is 0 Å². The van der Waals surface area contributed by atoms with Gasteiger partial charge < -0.3 is 5.73 Å². The predicted molar refractivity (Wildman–Crippen MR) is 56.4 cm³/mol. The highest BCUT2D eigenvalue weighted by molar-refractivity contribution is 5.88. The lowest BCUT2D eigenvalue weighted by Gasteiger charge is -2.14. The molecule has 0 heterocycles. The van der Waals surface area contributed by atoms with Crippen LogP contribution in [-0.4, -0.2) is 12.3 Å². The maximum absolute atomic E-state index is 10.9. The van der Waals surface area contributed by atoms with E-state index in [-0.39, 0.29) is 5.78 Å². The Morgan fingerprint density at radius 2 is 2.08 bits per heavy atom. The zero-order valence-corrected chi connectivity index (χ0v) is 8.75. The van der Waals surface area contributed by atoms with Gasteiger partial charge in [-0.15, -0.1) is 0 Å². The second kappa shape index (κ2) is 6.84. The molecule has 0 aromatic rings. The maximum Gasteiger partial charge on any atom is 0.155 e. The molecule has 0 radical (unpaired) electrons. The van der Waals surface area contributed by atoms with E-state index < -0.39 is 0 Å². The van der Waals surface area contributed by atoms with Crippen LogP contribution in [0.2, 0.25) is 0 Å². The van der Waals surface area contributed by atoms with Crippen molar-refractivity contribution in [2.75, 3.05) is 6.54 Å². The standard InChI is InChI=1S/C11H21NO/c1-4-11(13)6-5-9(2)7-10(3)8-12/h4,9-10H,1,5-8,12H2,2-3H3. The summed E-state index contributed by atoms with van der Waals surface area (Å²) in [5, 5.41) is 0. The van der Waals surface area contributed by atoms with E-state index >= 15 is 0 Å². The van der Waals surface area contributed by atoms with E-state index in [0.29, 0.717) is 18.3 Å². The molecule has 2 nitrogen and oxygen atoms in total. The SMILES string of the molecule is C=CC(=O)CCC(C)CC(C)CN. The summed E-state index contributed by atoms with van der Waals surface area (Å²) >= 11 is 0. The molecule has 0 saturated carbocycles. The van der Waals surface area contributed by atoms with Gasteiger partial charge in [-0.25, -0.2) is 0 Å². The summed E-state index contributed by atoms with van der Waals surface area (Å²) in [5.74, 6) is 1.29. The van der Waals surface area contributed by atoms with Crippen molar-refractivity contribution < 1.29 is 4.79 Å². The molecule has 0 saturated heterocycles. The molecule has 0 bridgehead atoms. The van der Waals surface area contributed by atoms with Gasteiger partial charge in [0.1, 0.15) is 0 Å². The van der Waals surface area contributed by atoms with Crippen molar-refractivity contribution >= 4 is 5.78 Å². The van der Waals surface area contributed by atoms with Gasteiger partial charge >= 0.3 is 0 Å². The smallest absolute Gasteiger partial charge is 0.155 e. The number of hydrogen-bond donors (Lipinski definition) is 1. The molecule has 0 fully saturated rings. The zero-order valence-electron chi connectivity index (χ0n) is 8.75. The monoisotopic (exact) mass is 183 g/mol. The first kappa shape index (κ1) is 12.4. The van der Waals surface area contributed by atoms with E-state index in [1.54, 1.807) is 0 Å². The highest BCUT2D eigenvalue weighted by Gasteiger charge is 2.08. The summed E-state index contributed by atoms with van der Waals surface area (Å²) in [6.45, 7) is 8.50. The Balaban J connectivity index is 3.56. The lowest BCUT2D eigenvalue weighted by atomic mass is 9.93. The minimum atomic E-state index is 0.146. The third-order valence-electron chi connectivity index (χ3n) is 2.32. The van der Waals surface area contributed by atoms with E-state index in [4.69, 9.17) is 5.73 Å². The molecule has 0 aromatic heterocycles. The van der Waals surface area contributed by atoms with Crippen LogP contribution in [0.4, 0.5) is 0 Å². The normalized spacial score (nSPS) is 15.0. The molecular weight excluding hydrogens is 162 g/mol. The number of hydrogen-bond acceptors (Lipinski definition) is 2. The number of nitrogens with two attached hydrogens (primary N) is 1. The summed E-state index contributed by atoms with van der Waals surface area (Å²) in [7, 11) is 0. The Morgan fingerprint density at radius 3 is 2.54 bits per heavy atom. The van der Waals surface area contributed by atoms with Crippen LogP contribution in [0.25, 0.3) is 0 Å². The molecule has 0 spiro atoms. The molecule has 0 rings (SSSR count). The van der Waals surface area contributed by atoms with Gasteiger partial charge in [0.25, 0.3) is 0 Å². The third kappa shape index (κ3) is 6.52. The largest absolute Gasteiger partial charge is 0.330 e. The van der Waals surface area contributed by atoms with E-state index in [0.717, 1.165) is 19.4 Å². The molecule has 76 valence electrons. The topological polar surface area (TPSA) is 43.1 Å². The number of allylic oxidation sites excluding steroid dienone is 1. The predicted octanol–water partition coefficient (Wildman–Crippen LogP) is 2.14. The van der Waals surface area contributed by atoms with Crippen molar-refractivity contribution in [3.63, 3.8) is 0 Å². The summed E-state index contributed by atoms with van der Waals surface area (Å²) in [6, 6.07) is 0. The zero-order chi connectivity index (χ0) is 10.3. The minimum absolute atomic E-state index is 0.146. The number of rotatable bonds is 7. The van der Waals surface area contributed by atoms with Crippen LogP contribution in [0, 0.1) is 11.8 Å². The second-order valence-corrected chi connectivity index (χ2v) is 3.89. The number of carbonyl (C=O) groups excluding carboxylic acids is 1. The molecule has 0 aliphatic heterocycles. The third-order valence-corrected chi connectivity index (χ3v) is 2.32. The number of carbonyl (C=O) groups is 1. The molecule has 0 aromatic carbocycles. The molecule has 0 aliphatic carbocycles.